The van der Waals surface area contributed by atoms with Gasteiger partial charge in [-0.15, -0.1) is 23.5 Å². The van der Waals surface area contributed by atoms with Gasteiger partial charge in [-0.3, -0.25) is 0 Å². The number of fused-ring (bicyclic) bond motifs is 1. The number of nitriles is 1. The zero-order valence-electron chi connectivity index (χ0n) is 9.67. The second-order valence-electron chi connectivity index (χ2n) is 4.10. The Labute approximate surface area is 115 Å². The number of rotatable bonds is 1. The Morgan fingerprint density at radius 2 is 1.83 bits per heavy atom. The Morgan fingerprint density at radius 3 is 2.61 bits per heavy atom. The van der Waals surface area contributed by atoms with Crippen LogP contribution < -0.4 is 0 Å². The fourth-order valence-electron chi connectivity index (χ4n) is 1.93. The zero-order valence-corrected chi connectivity index (χ0v) is 11.3. The third-order valence-electron chi connectivity index (χ3n) is 2.91. The van der Waals surface area contributed by atoms with E-state index in [4.69, 9.17) is 5.26 Å². The number of nitrogens with zero attached hydrogens (tertiary/aromatic N) is 1. The minimum absolute atomic E-state index is 0.438. The molecule has 1 aliphatic heterocycles. The first kappa shape index (κ1) is 11.7. The van der Waals surface area contributed by atoms with E-state index in [0.717, 1.165) is 11.3 Å². The highest BCUT2D eigenvalue weighted by Gasteiger charge is 2.20. The molecule has 1 heterocycles. The summed E-state index contributed by atoms with van der Waals surface area (Å²) in [5.74, 6) is 1.06. The lowest BCUT2D eigenvalue weighted by molar-refractivity contribution is 1.22. The monoisotopic (exact) mass is 269 g/mol. The van der Waals surface area contributed by atoms with Crippen molar-refractivity contribution < 1.29 is 0 Å². The van der Waals surface area contributed by atoms with Crippen LogP contribution in [0.25, 0.3) is 0 Å². The molecule has 1 atom stereocenters. The van der Waals surface area contributed by atoms with Gasteiger partial charge in [-0.2, -0.15) is 5.26 Å². The highest BCUT2D eigenvalue weighted by atomic mass is 32.2. The van der Waals surface area contributed by atoms with Crippen LogP contribution in [0.15, 0.2) is 53.4 Å². The highest BCUT2D eigenvalue weighted by Crippen LogP contribution is 2.50. The summed E-state index contributed by atoms with van der Waals surface area (Å²) in [7, 11) is 0. The second-order valence-corrected chi connectivity index (χ2v) is 6.64. The topological polar surface area (TPSA) is 23.8 Å². The molecule has 0 bridgehead atoms. The van der Waals surface area contributed by atoms with E-state index in [1.807, 2.05) is 35.7 Å². The van der Waals surface area contributed by atoms with Gasteiger partial charge in [-0.1, -0.05) is 30.3 Å². The molecule has 0 saturated carbocycles. The summed E-state index contributed by atoms with van der Waals surface area (Å²) < 4.78 is 0.438. The van der Waals surface area contributed by atoms with Crippen LogP contribution in [-0.2, 0) is 5.75 Å². The molecule has 0 spiro atoms. The molecular weight excluding hydrogens is 258 g/mol. The molecule has 0 aromatic heterocycles. The van der Waals surface area contributed by atoms with Crippen molar-refractivity contribution in [3.05, 3.63) is 65.2 Å². The Hall–Kier alpha value is -1.37. The van der Waals surface area contributed by atoms with Gasteiger partial charge in [0.15, 0.2) is 0 Å². The van der Waals surface area contributed by atoms with Gasteiger partial charge in [-0.05, 0) is 29.3 Å². The minimum Gasteiger partial charge on any atom is -0.192 e. The molecule has 2 aromatic rings. The van der Waals surface area contributed by atoms with Crippen molar-refractivity contribution in [3.8, 4) is 6.07 Å². The summed E-state index contributed by atoms with van der Waals surface area (Å²) in [5.41, 5.74) is 3.45. The number of thioether (sulfide) groups is 2. The average Bonchev–Trinajstić information content (AvgIpc) is 2.47. The maximum Gasteiger partial charge on any atom is 0.0991 e. The first-order valence-electron chi connectivity index (χ1n) is 5.73. The van der Waals surface area contributed by atoms with Gasteiger partial charge in [0.25, 0.3) is 0 Å². The van der Waals surface area contributed by atoms with Gasteiger partial charge in [0.2, 0.25) is 0 Å². The molecule has 0 radical (unpaired) electrons. The minimum atomic E-state index is 0.438. The summed E-state index contributed by atoms with van der Waals surface area (Å²) >= 11 is 3.86. The van der Waals surface area contributed by atoms with E-state index in [9.17, 15) is 0 Å². The van der Waals surface area contributed by atoms with Crippen LogP contribution in [0.2, 0.25) is 0 Å². The van der Waals surface area contributed by atoms with Crippen LogP contribution in [0.4, 0.5) is 0 Å². The van der Waals surface area contributed by atoms with Crippen molar-refractivity contribution >= 4 is 23.5 Å². The summed E-state index contributed by atoms with van der Waals surface area (Å²) in [6.07, 6.45) is 0. The molecular formula is C15H11NS2. The average molecular weight is 269 g/mol. The van der Waals surface area contributed by atoms with E-state index < -0.39 is 0 Å². The number of hydrogen-bond acceptors (Lipinski definition) is 3. The number of hydrogen-bond donors (Lipinski definition) is 0. The van der Waals surface area contributed by atoms with Gasteiger partial charge < -0.3 is 0 Å². The first-order valence-corrected chi connectivity index (χ1v) is 7.66. The van der Waals surface area contributed by atoms with Gasteiger partial charge >= 0.3 is 0 Å². The molecule has 3 rings (SSSR count). The Balaban J connectivity index is 1.85. The lowest BCUT2D eigenvalue weighted by Gasteiger charge is -2.23. The highest BCUT2D eigenvalue weighted by molar-refractivity contribution is 8.16. The van der Waals surface area contributed by atoms with Crippen molar-refractivity contribution in [1.29, 1.82) is 5.26 Å². The zero-order chi connectivity index (χ0) is 12.4. The molecule has 2 aromatic carbocycles. The molecule has 18 heavy (non-hydrogen) atoms. The summed E-state index contributed by atoms with van der Waals surface area (Å²) in [6.45, 7) is 0. The second kappa shape index (κ2) is 5.09. The molecule has 88 valence electrons. The van der Waals surface area contributed by atoms with Crippen LogP contribution in [-0.4, -0.2) is 0 Å². The molecule has 0 N–H and O–H groups in total. The largest absolute Gasteiger partial charge is 0.192 e. The van der Waals surface area contributed by atoms with Crippen molar-refractivity contribution in [3.63, 3.8) is 0 Å². The van der Waals surface area contributed by atoms with Crippen molar-refractivity contribution in [2.75, 3.05) is 0 Å². The maximum absolute atomic E-state index is 8.81. The van der Waals surface area contributed by atoms with Gasteiger partial charge in [-0.25, -0.2) is 0 Å². The summed E-state index contributed by atoms with van der Waals surface area (Å²) in [4.78, 5) is 1.38. The van der Waals surface area contributed by atoms with Crippen molar-refractivity contribution in [1.82, 2.24) is 0 Å². The molecule has 0 amide bonds. The first-order chi connectivity index (χ1) is 8.86. The quantitative estimate of drug-likeness (QED) is 0.756. The van der Waals surface area contributed by atoms with E-state index in [-0.39, 0.29) is 0 Å². The summed E-state index contributed by atoms with van der Waals surface area (Å²) in [6, 6.07) is 18.7. The summed E-state index contributed by atoms with van der Waals surface area (Å²) in [5, 5.41) is 8.81. The van der Waals surface area contributed by atoms with Crippen LogP contribution in [0.1, 0.15) is 21.3 Å². The lowest BCUT2D eigenvalue weighted by Crippen LogP contribution is -1.98. The molecule has 3 heteroatoms. The lowest BCUT2D eigenvalue weighted by atomic mass is 10.2. The maximum atomic E-state index is 8.81. The van der Waals surface area contributed by atoms with E-state index >= 15 is 0 Å². The Kier molecular flexibility index (Phi) is 3.31. The van der Waals surface area contributed by atoms with Crippen LogP contribution in [0.5, 0.6) is 0 Å². The molecule has 0 saturated heterocycles. The molecule has 1 nitrogen and oxygen atoms in total. The predicted octanol–water partition coefficient (Wildman–Crippen LogP) is 4.60. The molecule has 1 unspecified atom stereocenters. The van der Waals surface area contributed by atoms with Crippen LogP contribution in [0.3, 0.4) is 0 Å². The third-order valence-corrected chi connectivity index (χ3v) is 5.80. The Morgan fingerprint density at radius 1 is 1.06 bits per heavy atom. The third kappa shape index (κ3) is 2.27. The van der Waals surface area contributed by atoms with E-state index in [2.05, 4.69) is 42.5 Å². The normalized spacial score (nSPS) is 17.8. The van der Waals surface area contributed by atoms with E-state index in [1.54, 1.807) is 0 Å². The molecule has 0 aliphatic carbocycles. The number of benzene rings is 2. The van der Waals surface area contributed by atoms with Gasteiger partial charge in [0.1, 0.15) is 0 Å². The molecule has 0 fully saturated rings. The van der Waals surface area contributed by atoms with Crippen molar-refractivity contribution in [2.24, 2.45) is 0 Å². The fourth-order valence-corrected chi connectivity index (χ4v) is 4.72. The Bertz CT molecular complexity index is 599. The van der Waals surface area contributed by atoms with Gasteiger partial charge in [0.05, 0.1) is 16.2 Å². The predicted molar refractivity (Wildman–Crippen MR) is 77.5 cm³/mol. The SMILES string of the molecule is N#Cc1ccc(C2SCc3ccccc3S2)cc1. The smallest absolute Gasteiger partial charge is 0.0991 e. The van der Waals surface area contributed by atoms with Crippen LogP contribution in [0, 0.1) is 11.3 Å². The molecule has 1 aliphatic rings. The van der Waals surface area contributed by atoms with E-state index in [0.29, 0.717) is 4.58 Å². The van der Waals surface area contributed by atoms with E-state index in [1.165, 1.54) is 16.0 Å². The standard InChI is InChI=1S/C15H11NS2/c16-9-11-5-7-12(8-6-11)15-17-10-13-3-1-2-4-14(13)18-15/h1-8,15H,10H2. The van der Waals surface area contributed by atoms with Crippen LogP contribution >= 0.6 is 23.5 Å². The fraction of sp³-hybridized carbons (Fsp3) is 0.133. The van der Waals surface area contributed by atoms with Gasteiger partial charge in [0, 0.05) is 10.6 Å². The van der Waals surface area contributed by atoms with Crippen molar-refractivity contribution in [2.45, 2.75) is 15.2 Å².